The van der Waals surface area contributed by atoms with Crippen LogP contribution in [0.5, 0.6) is 0 Å². The summed E-state index contributed by atoms with van der Waals surface area (Å²) >= 11 is 0. The van der Waals surface area contributed by atoms with Gasteiger partial charge in [-0.05, 0) is 41.0 Å². The monoisotopic (exact) mass is 450 g/mol. The minimum atomic E-state index is -1.14. The summed E-state index contributed by atoms with van der Waals surface area (Å²) in [7, 11) is 0. The molecule has 2 unspecified atom stereocenters. The lowest BCUT2D eigenvalue weighted by Crippen LogP contribution is -2.49. The van der Waals surface area contributed by atoms with Gasteiger partial charge in [-0.25, -0.2) is 4.79 Å². The number of nitrogens with zero attached hydrogens (tertiary/aromatic N) is 1. The van der Waals surface area contributed by atoms with E-state index in [2.05, 4.69) is 24.4 Å². The SMILES string of the molecule is CCCC1CCN(C(=O)C(CC(=O)O)NC(=O)OCC2c3ccccc3-c3ccccc32)C1. The van der Waals surface area contributed by atoms with Gasteiger partial charge in [0.2, 0.25) is 5.91 Å². The third kappa shape index (κ3) is 5.02. The van der Waals surface area contributed by atoms with Gasteiger partial charge in [-0.3, -0.25) is 9.59 Å². The number of hydrogen-bond donors (Lipinski definition) is 2. The zero-order chi connectivity index (χ0) is 23.4. The van der Waals surface area contributed by atoms with E-state index in [4.69, 9.17) is 4.74 Å². The molecule has 2 aliphatic rings. The number of carboxylic acid groups (broad SMARTS) is 1. The Morgan fingerprint density at radius 1 is 1.09 bits per heavy atom. The van der Waals surface area contributed by atoms with Gasteiger partial charge in [0, 0.05) is 19.0 Å². The molecule has 1 fully saturated rings. The maximum atomic E-state index is 12.9. The maximum Gasteiger partial charge on any atom is 0.407 e. The quantitative estimate of drug-likeness (QED) is 0.633. The molecule has 0 saturated carbocycles. The minimum Gasteiger partial charge on any atom is -0.481 e. The first kappa shape index (κ1) is 22.8. The second-order valence-electron chi connectivity index (χ2n) is 8.85. The molecule has 4 rings (SSSR count). The lowest BCUT2D eigenvalue weighted by atomic mass is 9.98. The second-order valence-corrected chi connectivity index (χ2v) is 8.85. The highest BCUT2D eigenvalue weighted by Crippen LogP contribution is 2.44. The molecule has 1 aliphatic carbocycles. The molecule has 0 bridgehead atoms. The van der Waals surface area contributed by atoms with E-state index in [1.807, 2.05) is 36.4 Å². The Hall–Kier alpha value is -3.35. The molecule has 174 valence electrons. The summed E-state index contributed by atoms with van der Waals surface area (Å²) in [5.74, 6) is -1.18. The average molecular weight is 451 g/mol. The third-order valence-electron chi connectivity index (χ3n) is 6.61. The molecule has 2 aromatic rings. The first-order valence-corrected chi connectivity index (χ1v) is 11.6. The summed E-state index contributed by atoms with van der Waals surface area (Å²) in [4.78, 5) is 38.6. The third-order valence-corrected chi connectivity index (χ3v) is 6.61. The molecule has 1 saturated heterocycles. The zero-order valence-electron chi connectivity index (χ0n) is 18.8. The van der Waals surface area contributed by atoms with Crippen LogP contribution >= 0.6 is 0 Å². The van der Waals surface area contributed by atoms with E-state index >= 15 is 0 Å². The highest BCUT2D eigenvalue weighted by Gasteiger charge is 2.34. The number of likely N-dealkylation sites (tertiary alicyclic amines) is 1. The van der Waals surface area contributed by atoms with Crippen LogP contribution in [0.4, 0.5) is 4.79 Å². The van der Waals surface area contributed by atoms with Gasteiger partial charge in [-0.2, -0.15) is 0 Å². The molecule has 2 amide bonds. The lowest BCUT2D eigenvalue weighted by Gasteiger charge is -2.23. The van der Waals surface area contributed by atoms with E-state index in [0.29, 0.717) is 19.0 Å². The van der Waals surface area contributed by atoms with E-state index < -0.39 is 24.5 Å². The van der Waals surface area contributed by atoms with Crippen LogP contribution in [-0.4, -0.2) is 53.7 Å². The van der Waals surface area contributed by atoms with Crippen LogP contribution in [-0.2, 0) is 14.3 Å². The van der Waals surface area contributed by atoms with Crippen LogP contribution < -0.4 is 5.32 Å². The number of carbonyl (C=O) groups excluding carboxylic acids is 2. The van der Waals surface area contributed by atoms with Gasteiger partial charge < -0.3 is 20.1 Å². The fraction of sp³-hybridized carbons (Fsp3) is 0.423. The molecular weight excluding hydrogens is 420 g/mol. The molecule has 1 heterocycles. The Morgan fingerprint density at radius 2 is 1.73 bits per heavy atom. The van der Waals surface area contributed by atoms with Gasteiger partial charge in [0.15, 0.2) is 0 Å². The fourth-order valence-corrected chi connectivity index (χ4v) is 5.05. The van der Waals surface area contributed by atoms with Crippen molar-refractivity contribution < 1.29 is 24.2 Å². The number of carbonyl (C=O) groups is 3. The van der Waals surface area contributed by atoms with E-state index in [1.165, 1.54) is 0 Å². The number of amides is 2. The summed E-state index contributed by atoms with van der Waals surface area (Å²) in [5, 5.41) is 11.8. The van der Waals surface area contributed by atoms with E-state index in [0.717, 1.165) is 41.5 Å². The summed E-state index contributed by atoms with van der Waals surface area (Å²) in [5.41, 5.74) is 4.42. The number of ether oxygens (including phenoxy) is 1. The van der Waals surface area contributed by atoms with Gasteiger partial charge in [-0.1, -0.05) is 61.9 Å². The number of aliphatic carboxylic acids is 1. The topological polar surface area (TPSA) is 95.9 Å². The normalized spacial score (nSPS) is 17.8. The van der Waals surface area contributed by atoms with Crippen LogP contribution in [0.2, 0.25) is 0 Å². The average Bonchev–Trinajstić information content (AvgIpc) is 3.39. The molecule has 0 radical (unpaired) electrons. The van der Waals surface area contributed by atoms with Crippen molar-refractivity contribution in [2.75, 3.05) is 19.7 Å². The Balaban J connectivity index is 1.40. The zero-order valence-corrected chi connectivity index (χ0v) is 18.8. The van der Waals surface area contributed by atoms with E-state index in [1.54, 1.807) is 4.90 Å². The van der Waals surface area contributed by atoms with Crippen LogP contribution in [0.25, 0.3) is 11.1 Å². The Morgan fingerprint density at radius 3 is 2.33 bits per heavy atom. The molecule has 2 aromatic carbocycles. The number of nitrogens with one attached hydrogen (secondary N) is 1. The molecule has 7 heteroatoms. The van der Waals surface area contributed by atoms with Gasteiger partial charge in [0.05, 0.1) is 6.42 Å². The maximum absolute atomic E-state index is 12.9. The van der Waals surface area contributed by atoms with Crippen molar-refractivity contribution in [1.82, 2.24) is 10.2 Å². The van der Waals surface area contributed by atoms with Gasteiger partial charge >= 0.3 is 12.1 Å². The van der Waals surface area contributed by atoms with Crippen molar-refractivity contribution >= 4 is 18.0 Å². The van der Waals surface area contributed by atoms with Gasteiger partial charge in [0.25, 0.3) is 0 Å². The lowest BCUT2D eigenvalue weighted by molar-refractivity contribution is -0.142. The standard InChI is InChI=1S/C26H30N2O5/c1-2-7-17-12-13-28(15-17)25(31)23(14-24(29)30)27-26(32)33-16-22-20-10-5-3-8-18(20)19-9-4-6-11-21(19)22/h3-6,8-11,17,22-23H,2,7,12-16H2,1H3,(H,27,32)(H,29,30). The molecule has 0 spiro atoms. The molecule has 7 nitrogen and oxygen atoms in total. The Bertz CT molecular complexity index is 991. The van der Waals surface area contributed by atoms with Crippen molar-refractivity contribution in [2.24, 2.45) is 5.92 Å². The van der Waals surface area contributed by atoms with Crippen molar-refractivity contribution in [3.8, 4) is 11.1 Å². The summed E-state index contributed by atoms with van der Waals surface area (Å²) in [6.07, 6.45) is 1.74. The number of benzene rings is 2. The highest BCUT2D eigenvalue weighted by atomic mass is 16.5. The number of alkyl carbamates (subject to hydrolysis) is 1. The minimum absolute atomic E-state index is 0.106. The van der Waals surface area contributed by atoms with Crippen LogP contribution in [0.15, 0.2) is 48.5 Å². The smallest absolute Gasteiger partial charge is 0.407 e. The molecule has 1 aliphatic heterocycles. The Labute approximate surface area is 193 Å². The second kappa shape index (κ2) is 10.1. The summed E-state index contributed by atoms with van der Waals surface area (Å²) < 4.78 is 5.51. The van der Waals surface area contributed by atoms with E-state index in [-0.39, 0.29) is 18.4 Å². The van der Waals surface area contributed by atoms with E-state index in [9.17, 15) is 19.5 Å². The number of carboxylic acids is 1. The van der Waals surface area contributed by atoms with Crippen molar-refractivity contribution in [2.45, 2.75) is 44.6 Å². The first-order chi connectivity index (χ1) is 16.0. The van der Waals surface area contributed by atoms with Crippen molar-refractivity contribution in [1.29, 1.82) is 0 Å². The molecule has 33 heavy (non-hydrogen) atoms. The fourth-order valence-electron chi connectivity index (χ4n) is 5.05. The highest BCUT2D eigenvalue weighted by molar-refractivity contribution is 5.89. The molecule has 2 N–H and O–H groups in total. The van der Waals surface area contributed by atoms with Crippen LogP contribution in [0, 0.1) is 5.92 Å². The predicted octanol–water partition coefficient (Wildman–Crippen LogP) is 4.02. The van der Waals surface area contributed by atoms with Gasteiger partial charge in [-0.15, -0.1) is 0 Å². The molecule has 2 atom stereocenters. The predicted molar refractivity (Wildman–Crippen MR) is 124 cm³/mol. The first-order valence-electron chi connectivity index (χ1n) is 11.6. The van der Waals surface area contributed by atoms with Crippen LogP contribution in [0.1, 0.15) is 49.7 Å². The molecular formula is C26H30N2O5. The summed E-state index contributed by atoms with van der Waals surface area (Å²) in [6.45, 7) is 3.41. The molecule has 0 aromatic heterocycles. The van der Waals surface area contributed by atoms with Crippen molar-refractivity contribution in [3.05, 3.63) is 59.7 Å². The largest absolute Gasteiger partial charge is 0.481 e. The Kier molecular flexibility index (Phi) is 6.96. The van der Waals surface area contributed by atoms with Gasteiger partial charge in [0.1, 0.15) is 12.6 Å². The van der Waals surface area contributed by atoms with Crippen LogP contribution in [0.3, 0.4) is 0 Å². The summed E-state index contributed by atoms with van der Waals surface area (Å²) in [6, 6.07) is 14.9. The van der Waals surface area contributed by atoms with Crippen molar-refractivity contribution in [3.63, 3.8) is 0 Å². The number of fused-ring (bicyclic) bond motifs is 3. The number of hydrogen-bond acceptors (Lipinski definition) is 4. The number of rotatable bonds is 8.